The lowest BCUT2D eigenvalue weighted by Gasteiger charge is -2.39. The molecule has 4 nitrogen and oxygen atoms in total. The number of hydrogen-bond acceptors (Lipinski definition) is 4. The van der Waals surface area contributed by atoms with Gasteiger partial charge in [0.25, 0.3) is 5.56 Å². The van der Waals surface area contributed by atoms with Gasteiger partial charge in [-0.25, -0.2) is 9.38 Å². The van der Waals surface area contributed by atoms with Crippen LogP contribution >= 0.6 is 23.5 Å². The molecule has 0 bridgehead atoms. The molecule has 1 aliphatic carbocycles. The third-order valence-corrected chi connectivity index (χ3v) is 8.25. The number of aromatic amines is 1. The Bertz CT molecular complexity index is 969. The summed E-state index contributed by atoms with van der Waals surface area (Å²) < 4.78 is 1.95. The van der Waals surface area contributed by atoms with Crippen molar-refractivity contribution in [3.8, 4) is 0 Å². The van der Waals surface area contributed by atoms with Crippen molar-refractivity contribution in [3.63, 3.8) is 0 Å². The highest BCUT2D eigenvalue weighted by molar-refractivity contribution is 8.18. The summed E-state index contributed by atoms with van der Waals surface area (Å²) in [5.41, 5.74) is 2.90. The van der Waals surface area contributed by atoms with Gasteiger partial charge in [-0.2, -0.15) is 0 Å². The number of thioether (sulfide) groups is 2. The first kappa shape index (κ1) is 14.0. The fourth-order valence-corrected chi connectivity index (χ4v) is 6.95. The van der Waals surface area contributed by atoms with Gasteiger partial charge in [-0.1, -0.05) is 31.4 Å². The predicted molar refractivity (Wildman–Crippen MR) is 96.3 cm³/mol. The summed E-state index contributed by atoms with van der Waals surface area (Å²) in [7, 11) is 0. The molecule has 1 N–H and O–H groups in total. The van der Waals surface area contributed by atoms with Crippen molar-refractivity contribution in [2.24, 2.45) is 0 Å². The van der Waals surface area contributed by atoms with Gasteiger partial charge in [0, 0.05) is 11.4 Å². The number of rotatable bonds is 0. The summed E-state index contributed by atoms with van der Waals surface area (Å²) in [6.07, 6.45) is 6.32. The molecule has 1 saturated carbocycles. The van der Waals surface area contributed by atoms with E-state index in [1.54, 1.807) is 16.2 Å². The number of nitrogens with zero attached hydrogens (tertiary/aromatic N) is 2. The second kappa shape index (κ2) is 5.05. The number of para-hydroxylation sites is 2. The third-order valence-electron chi connectivity index (χ3n) is 4.88. The van der Waals surface area contributed by atoms with E-state index in [0.29, 0.717) is 5.78 Å². The van der Waals surface area contributed by atoms with Crippen LogP contribution in [-0.4, -0.2) is 18.4 Å². The highest BCUT2D eigenvalue weighted by atomic mass is 32.2. The van der Waals surface area contributed by atoms with Crippen LogP contribution < -0.4 is 5.56 Å². The molecule has 0 atom stereocenters. The summed E-state index contributed by atoms with van der Waals surface area (Å²) in [5, 5.41) is 0. The Hall–Kier alpha value is -1.40. The zero-order valence-corrected chi connectivity index (χ0v) is 14.3. The molecule has 0 amide bonds. The van der Waals surface area contributed by atoms with Crippen LogP contribution in [0.2, 0.25) is 0 Å². The second-order valence-electron chi connectivity index (χ2n) is 6.36. The van der Waals surface area contributed by atoms with Crippen LogP contribution in [0.4, 0.5) is 0 Å². The topological polar surface area (TPSA) is 50.2 Å². The van der Waals surface area contributed by atoms with Crippen LogP contribution in [0.3, 0.4) is 0 Å². The number of aromatic nitrogens is 3. The highest BCUT2D eigenvalue weighted by Crippen LogP contribution is 2.55. The maximum absolute atomic E-state index is 13.1. The number of nitrogens with one attached hydrogen (secondary N) is 1. The van der Waals surface area contributed by atoms with Gasteiger partial charge in [0.2, 0.25) is 5.78 Å². The van der Waals surface area contributed by atoms with Gasteiger partial charge in [-0.15, -0.1) is 23.5 Å². The first-order valence-electron chi connectivity index (χ1n) is 8.11. The molecule has 1 spiro atoms. The van der Waals surface area contributed by atoms with E-state index in [-0.39, 0.29) is 9.64 Å². The van der Waals surface area contributed by atoms with Gasteiger partial charge in [0.15, 0.2) is 0 Å². The molecule has 1 fully saturated rings. The van der Waals surface area contributed by atoms with E-state index in [9.17, 15) is 4.79 Å². The summed E-state index contributed by atoms with van der Waals surface area (Å²) >= 11 is 3.81. The van der Waals surface area contributed by atoms with Gasteiger partial charge < -0.3 is 4.98 Å². The number of benzene rings is 1. The lowest BCUT2D eigenvalue weighted by molar-refractivity contribution is 0.489. The summed E-state index contributed by atoms with van der Waals surface area (Å²) in [6.45, 7) is 0. The normalized spacial score (nSPS) is 20.2. The van der Waals surface area contributed by atoms with Crippen LogP contribution in [0.15, 0.2) is 34.0 Å². The first-order valence-corrected chi connectivity index (χ1v) is 9.91. The molecule has 6 heteroatoms. The van der Waals surface area contributed by atoms with E-state index < -0.39 is 0 Å². The Morgan fingerprint density at radius 3 is 2.87 bits per heavy atom. The lowest BCUT2D eigenvalue weighted by Crippen LogP contribution is -2.31. The molecule has 23 heavy (non-hydrogen) atoms. The minimum Gasteiger partial charge on any atom is -0.327 e. The van der Waals surface area contributed by atoms with Crippen molar-refractivity contribution < 1.29 is 0 Å². The van der Waals surface area contributed by atoms with Gasteiger partial charge in [0.1, 0.15) is 0 Å². The molecule has 1 aromatic carbocycles. The van der Waals surface area contributed by atoms with E-state index in [1.165, 1.54) is 32.1 Å². The number of H-pyrrole nitrogens is 1. The highest BCUT2D eigenvalue weighted by Gasteiger charge is 2.39. The van der Waals surface area contributed by atoms with Crippen molar-refractivity contribution >= 4 is 40.3 Å². The van der Waals surface area contributed by atoms with Gasteiger partial charge >= 0.3 is 0 Å². The molecule has 5 rings (SSSR count). The van der Waals surface area contributed by atoms with Crippen LogP contribution in [0.25, 0.3) is 16.8 Å². The Labute approximate surface area is 142 Å². The Kier molecular flexibility index (Phi) is 3.07. The third kappa shape index (κ3) is 2.08. The SMILES string of the molecule is O=c1c2c([nH]c3nc4ccccc4n13)CSC1(CCCCC1)S2. The van der Waals surface area contributed by atoms with Crippen molar-refractivity contribution in [2.45, 2.75) is 46.8 Å². The maximum atomic E-state index is 13.1. The van der Waals surface area contributed by atoms with E-state index in [4.69, 9.17) is 0 Å². The quantitative estimate of drug-likeness (QED) is 0.665. The van der Waals surface area contributed by atoms with Crippen molar-refractivity contribution in [1.82, 2.24) is 14.4 Å². The fraction of sp³-hybridized carbons (Fsp3) is 0.412. The predicted octanol–water partition coefficient (Wildman–Crippen LogP) is 4.18. The molecule has 0 unspecified atom stereocenters. The Balaban J connectivity index is 1.73. The van der Waals surface area contributed by atoms with Gasteiger partial charge in [-0.3, -0.25) is 4.79 Å². The zero-order valence-electron chi connectivity index (χ0n) is 12.7. The molecular weight excluding hydrogens is 326 g/mol. The van der Waals surface area contributed by atoms with Gasteiger partial charge in [0.05, 0.1) is 20.0 Å². The van der Waals surface area contributed by atoms with E-state index in [1.807, 2.05) is 36.0 Å². The first-order chi connectivity index (χ1) is 11.3. The molecule has 3 heterocycles. The Morgan fingerprint density at radius 2 is 2.00 bits per heavy atom. The van der Waals surface area contributed by atoms with E-state index in [0.717, 1.165) is 27.4 Å². The van der Waals surface area contributed by atoms with E-state index >= 15 is 0 Å². The standard InChI is InChI=1S/C17H17N3OS2/c21-15-14-12(10-22-17(23-14)8-4-1-5-9-17)19-16-18-11-6-2-3-7-13(11)20(15)16/h2-3,6-7H,1,4-5,8-10H2,(H,18,19). The van der Waals surface area contributed by atoms with Crippen molar-refractivity contribution in [1.29, 1.82) is 0 Å². The minimum atomic E-state index is 0.0951. The molecule has 0 radical (unpaired) electrons. The molecule has 3 aromatic rings. The summed E-state index contributed by atoms with van der Waals surface area (Å²) in [5.74, 6) is 1.55. The second-order valence-corrected chi connectivity index (χ2v) is 9.37. The molecular formula is C17H17N3OS2. The molecule has 0 saturated heterocycles. The Morgan fingerprint density at radius 1 is 1.17 bits per heavy atom. The van der Waals surface area contributed by atoms with Crippen LogP contribution in [-0.2, 0) is 5.75 Å². The largest absolute Gasteiger partial charge is 0.327 e. The van der Waals surface area contributed by atoms with Crippen molar-refractivity contribution in [3.05, 3.63) is 40.3 Å². The van der Waals surface area contributed by atoms with Crippen LogP contribution in [0.1, 0.15) is 37.8 Å². The molecule has 1 aliphatic heterocycles. The fourth-order valence-electron chi connectivity index (χ4n) is 3.70. The van der Waals surface area contributed by atoms with Crippen LogP contribution in [0, 0.1) is 0 Å². The smallest absolute Gasteiger partial charge is 0.273 e. The molecule has 2 aliphatic rings. The molecule has 2 aromatic heterocycles. The van der Waals surface area contributed by atoms with E-state index in [2.05, 4.69) is 9.97 Å². The maximum Gasteiger partial charge on any atom is 0.273 e. The number of hydrogen-bond donors (Lipinski definition) is 1. The average molecular weight is 343 g/mol. The van der Waals surface area contributed by atoms with Crippen molar-refractivity contribution in [2.75, 3.05) is 0 Å². The number of imidazole rings is 1. The monoisotopic (exact) mass is 343 g/mol. The van der Waals surface area contributed by atoms with Crippen LogP contribution in [0.5, 0.6) is 0 Å². The zero-order chi connectivity index (χ0) is 15.4. The lowest BCUT2D eigenvalue weighted by atomic mass is 10.00. The number of fused-ring (bicyclic) bond motifs is 4. The summed E-state index contributed by atoms with van der Waals surface area (Å²) in [4.78, 5) is 22.0. The average Bonchev–Trinajstić information content (AvgIpc) is 2.95. The van der Waals surface area contributed by atoms with Gasteiger partial charge in [-0.05, 0) is 25.0 Å². The summed E-state index contributed by atoms with van der Waals surface area (Å²) in [6, 6.07) is 7.84. The minimum absolute atomic E-state index is 0.0951. The molecule has 118 valence electrons.